The summed E-state index contributed by atoms with van der Waals surface area (Å²) < 4.78 is 0. The molecule has 4 rings (SSSR count). The van der Waals surface area contributed by atoms with E-state index < -0.39 is 0 Å². The lowest BCUT2D eigenvalue weighted by molar-refractivity contribution is 0.362. The van der Waals surface area contributed by atoms with Crippen molar-refractivity contribution >= 4 is 29.2 Å². The Morgan fingerprint density at radius 1 is 1.18 bits per heavy atom. The van der Waals surface area contributed by atoms with Gasteiger partial charge in [0.25, 0.3) is 0 Å². The number of aromatic nitrogens is 6. The maximum absolute atomic E-state index is 6.48. The van der Waals surface area contributed by atoms with Crippen molar-refractivity contribution in [3.05, 3.63) is 33.9 Å². The van der Waals surface area contributed by atoms with Crippen molar-refractivity contribution < 1.29 is 0 Å². The van der Waals surface area contributed by atoms with Gasteiger partial charge in [-0.25, -0.2) is 9.97 Å². The van der Waals surface area contributed by atoms with Gasteiger partial charge in [0, 0.05) is 29.8 Å². The first-order valence-corrected chi connectivity index (χ1v) is 9.72. The third-order valence-electron chi connectivity index (χ3n) is 5.04. The van der Waals surface area contributed by atoms with Gasteiger partial charge in [-0.1, -0.05) is 35.3 Å². The van der Waals surface area contributed by atoms with E-state index in [-0.39, 0.29) is 5.54 Å². The molecule has 0 aliphatic carbocycles. The summed E-state index contributed by atoms with van der Waals surface area (Å²) in [6.07, 6.45) is 1.74. The second-order valence-corrected chi connectivity index (χ2v) is 8.10. The molecule has 0 unspecified atom stereocenters. The summed E-state index contributed by atoms with van der Waals surface area (Å²) in [6.45, 7) is 5.56. The van der Waals surface area contributed by atoms with Crippen molar-refractivity contribution in [1.29, 1.82) is 0 Å². The van der Waals surface area contributed by atoms with Crippen molar-refractivity contribution in [3.8, 4) is 22.6 Å². The van der Waals surface area contributed by atoms with Gasteiger partial charge in [0.1, 0.15) is 5.69 Å². The van der Waals surface area contributed by atoms with Crippen molar-refractivity contribution in [2.45, 2.75) is 32.2 Å². The fraction of sp³-hybridized carbons (Fsp3) is 0.389. The van der Waals surface area contributed by atoms with Crippen molar-refractivity contribution in [2.75, 3.05) is 18.0 Å². The van der Waals surface area contributed by atoms with Gasteiger partial charge >= 0.3 is 0 Å². The van der Waals surface area contributed by atoms with Gasteiger partial charge in [-0.15, -0.1) is 10.2 Å². The average Bonchev–Trinajstić information content (AvgIpc) is 3.18. The summed E-state index contributed by atoms with van der Waals surface area (Å²) in [5.41, 5.74) is 8.88. The third kappa shape index (κ3) is 3.55. The fourth-order valence-electron chi connectivity index (χ4n) is 3.36. The second-order valence-electron chi connectivity index (χ2n) is 7.31. The molecule has 1 aliphatic rings. The van der Waals surface area contributed by atoms with Crippen LogP contribution in [0.1, 0.15) is 25.5 Å². The van der Waals surface area contributed by atoms with Crippen LogP contribution in [0, 0.1) is 6.92 Å². The van der Waals surface area contributed by atoms with Crippen LogP contribution in [0.5, 0.6) is 0 Å². The maximum Gasteiger partial charge on any atom is 0.226 e. The van der Waals surface area contributed by atoms with Crippen LogP contribution in [-0.2, 0) is 0 Å². The van der Waals surface area contributed by atoms with Crippen LogP contribution in [0.2, 0.25) is 10.0 Å². The number of nitrogens with zero attached hydrogens (tertiary/aromatic N) is 6. The highest BCUT2D eigenvalue weighted by molar-refractivity contribution is 6.43. The monoisotopic (exact) mass is 418 g/mol. The summed E-state index contributed by atoms with van der Waals surface area (Å²) in [4.78, 5) is 11.7. The molecule has 2 aromatic heterocycles. The highest BCUT2D eigenvalue weighted by Gasteiger charge is 2.29. The number of piperidine rings is 1. The van der Waals surface area contributed by atoms with E-state index in [1.807, 2.05) is 19.1 Å². The average molecular weight is 419 g/mol. The van der Waals surface area contributed by atoms with Crippen LogP contribution in [0.25, 0.3) is 22.6 Å². The van der Waals surface area contributed by atoms with Crippen LogP contribution in [0.15, 0.2) is 18.2 Å². The third-order valence-corrected chi connectivity index (χ3v) is 5.86. The van der Waals surface area contributed by atoms with Crippen LogP contribution >= 0.6 is 23.2 Å². The number of benzene rings is 1. The smallest absolute Gasteiger partial charge is 0.226 e. The normalized spacial score (nSPS) is 16.4. The minimum atomic E-state index is -0.156. The molecule has 8 nitrogen and oxygen atoms in total. The van der Waals surface area contributed by atoms with E-state index in [2.05, 4.69) is 32.4 Å². The summed E-state index contributed by atoms with van der Waals surface area (Å²) >= 11 is 12.7. The Kier molecular flexibility index (Phi) is 4.95. The van der Waals surface area contributed by atoms with E-state index in [0.29, 0.717) is 27.5 Å². The Labute approximate surface area is 172 Å². The van der Waals surface area contributed by atoms with Gasteiger partial charge in [-0.05, 0) is 38.0 Å². The molecule has 0 saturated carbocycles. The number of aromatic amines is 1. The predicted molar refractivity (Wildman–Crippen MR) is 109 cm³/mol. The maximum atomic E-state index is 6.48. The number of H-pyrrole nitrogens is 1. The molecule has 146 valence electrons. The number of rotatable bonds is 3. The van der Waals surface area contributed by atoms with Crippen molar-refractivity contribution in [1.82, 2.24) is 30.6 Å². The highest BCUT2D eigenvalue weighted by Crippen LogP contribution is 2.39. The van der Waals surface area contributed by atoms with E-state index in [9.17, 15) is 0 Å². The van der Waals surface area contributed by atoms with E-state index in [4.69, 9.17) is 38.9 Å². The number of tetrazole rings is 1. The Morgan fingerprint density at radius 2 is 1.93 bits per heavy atom. The molecule has 1 aromatic carbocycles. The molecular formula is C18H20Cl2N8. The zero-order chi connectivity index (χ0) is 19.9. The van der Waals surface area contributed by atoms with Gasteiger partial charge < -0.3 is 10.6 Å². The van der Waals surface area contributed by atoms with Crippen LogP contribution in [0.4, 0.5) is 5.95 Å². The number of anilines is 1. The molecule has 1 saturated heterocycles. The minimum absolute atomic E-state index is 0.156. The molecule has 3 heterocycles. The van der Waals surface area contributed by atoms with Crippen LogP contribution in [0.3, 0.4) is 0 Å². The minimum Gasteiger partial charge on any atom is -0.341 e. The van der Waals surface area contributed by atoms with E-state index in [1.54, 1.807) is 6.07 Å². The molecule has 0 amide bonds. The molecule has 0 spiro atoms. The first-order valence-electron chi connectivity index (χ1n) is 8.96. The second kappa shape index (κ2) is 7.27. The molecule has 3 N–H and O–H groups in total. The standard InChI is InChI=1S/C18H20Cl2N8/c1-10-13(11-4-3-5-12(19)14(11)20)15(16-24-26-27-25-16)23-17(22-10)28-8-6-18(2,21)7-9-28/h3-5H,6-9,21H2,1-2H3,(H,24,25,26,27). The Morgan fingerprint density at radius 3 is 2.61 bits per heavy atom. The molecule has 3 aromatic rings. The Balaban J connectivity index is 1.85. The van der Waals surface area contributed by atoms with Gasteiger partial charge in [0.05, 0.1) is 15.7 Å². The quantitative estimate of drug-likeness (QED) is 0.671. The van der Waals surface area contributed by atoms with Crippen LogP contribution in [-0.4, -0.2) is 49.2 Å². The summed E-state index contributed by atoms with van der Waals surface area (Å²) in [7, 11) is 0. The zero-order valence-corrected chi connectivity index (χ0v) is 17.1. The number of nitrogens with two attached hydrogens (primary N) is 1. The van der Waals surface area contributed by atoms with Crippen molar-refractivity contribution in [2.24, 2.45) is 5.73 Å². The Bertz CT molecular complexity index is 993. The molecule has 0 atom stereocenters. The van der Waals surface area contributed by atoms with E-state index in [0.717, 1.165) is 42.8 Å². The fourth-order valence-corrected chi connectivity index (χ4v) is 3.76. The van der Waals surface area contributed by atoms with E-state index in [1.165, 1.54) is 0 Å². The largest absolute Gasteiger partial charge is 0.341 e. The molecule has 28 heavy (non-hydrogen) atoms. The highest BCUT2D eigenvalue weighted by atomic mass is 35.5. The number of hydrogen-bond acceptors (Lipinski definition) is 7. The summed E-state index contributed by atoms with van der Waals surface area (Å²) in [6, 6.07) is 5.46. The first-order chi connectivity index (χ1) is 13.4. The first kappa shape index (κ1) is 19.0. The number of nitrogens with one attached hydrogen (secondary N) is 1. The SMILES string of the molecule is Cc1nc(N2CCC(C)(N)CC2)nc(-c2nn[nH]n2)c1-c1cccc(Cl)c1Cl. The number of hydrogen-bond donors (Lipinski definition) is 2. The number of aryl methyl sites for hydroxylation is 1. The molecule has 10 heteroatoms. The van der Waals surface area contributed by atoms with Gasteiger partial charge in [0.15, 0.2) is 0 Å². The summed E-state index contributed by atoms with van der Waals surface area (Å²) in [5, 5.41) is 15.3. The van der Waals surface area contributed by atoms with Crippen LogP contribution < -0.4 is 10.6 Å². The lowest BCUT2D eigenvalue weighted by atomic mass is 9.91. The molecule has 1 fully saturated rings. The van der Waals surface area contributed by atoms with Gasteiger partial charge in [0.2, 0.25) is 11.8 Å². The van der Waals surface area contributed by atoms with Gasteiger partial charge in [-0.3, -0.25) is 0 Å². The van der Waals surface area contributed by atoms with Gasteiger partial charge in [-0.2, -0.15) is 5.21 Å². The Hall–Kier alpha value is -2.29. The van der Waals surface area contributed by atoms with Crippen molar-refractivity contribution in [3.63, 3.8) is 0 Å². The van der Waals surface area contributed by atoms with E-state index >= 15 is 0 Å². The number of halogens is 2. The topological polar surface area (TPSA) is 110 Å². The predicted octanol–water partition coefficient (Wildman–Crippen LogP) is 3.26. The lowest BCUT2D eigenvalue weighted by Crippen LogP contribution is -2.48. The molecular weight excluding hydrogens is 399 g/mol. The summed E-state index contributed by atoms with van der Waals surface area (Å²) in [5.74, 6) is 0.994. The zero-order valence-electron chi connectivity index (χ0n) is 15.6. The lowest BCUT2D eigenvalue weighted by Gasteiger charge is -2.37. The molecule has 1 aliphatic heterocycles. The molecule has 0 radical (unpaired) electrons. The molecule has 0 bridgehead atoms.